The van der Waals surface area contributed by atoms with Crippen LogP contribution in [0.2, 0.25) is 0 Å². The fraction of sp³-hybridized carbons (Fsp3) is 0.619. The van der Waals surface area contributed by atoms with E-state index in [2.05, 4.69) is 60.2 Å². The Hall–Kier alpha value is -1.07. The average Bonchev–Trinajstić information content (AvgIpc) is 3.21. The number of nitrogens with zero attached hydrogens (tertiary/aromatic N) is 2. The first-order valence-corrected chi connectivity index (χ1v) is 10.2. The fourth-order valence-electron chi connectivity index (χ4n) is 3.96. The molecule has 0 spiro atoms. The van der Waals surface area contributed by atoms with Crippen molar-refractivity contribution < 1.29 is 4.74 Å². The third-order valence-electron chi connectivity index (χ3n) is 5.76. The molecule has 2 aliphatic heterocycles. The number of hydrogen-bond donors (Lipinski definition) is 1. The molecule has 0 radical (unpaired) electrons. The standard InChI is InChI=1S/C21H32ClN3O/c1-4-17(2)19(21(3,22)25-11-13-26-14-12-25)15-18-7-5-6-8-20(18)24-10-9-23-16-24/h5-8,23H,4,9-16H2,1-3H3. The summed E-state index contributed by atoms with van der Waals surface area (Å²) in [5.74, 6) is 0. The van der Waals surface area contributed by atoms with Gasteiger partial charge in [-0.3, -0.25) is 10.2 Å². The number of nitrogens with one attached hydrogen (secondary N) is 1. The Labute approximate surface area is 163 Å². The summed E-state index contributed by atoms with van der Waals surface area (Å²) in [6, 6.07) is 8.76. The van der Waals surface area contributed by atoms with Crippen molar-refractivity contribution in [3.63, 3.8) is 0 Å². The first kappa shape index (κ1) is 19.7. The molecule has 1 aromatic rings. The molecule has 4 nitrogen and oxygen atoms in total. The van der Waals surface area contributed by atoms with E-state index in [1.54, 1.807) is 0 Å². The quantitative estimate of drug-likeness (QED) is 0.465. The molecule has 1 N–H and O–H groups in total. The van der Waals surface area contributed by atoms with Gasteiger partial charge in [0.15, 0.2) is 0 Å². The first-order valence-electron chi connectivity index (χ1n) is 9.78. The number of morpholine rings is 1. The van der Waals surface area contributed by atoms with Gasteiger partial charge in [-0.25, -0.2) is 0 Å². The van der Waals surface area contributed by atoms with Crippen molar-refractivity contribution in [2.75, 3.05) is 51.0 Å². The maximum absolute atomic E-state index is 7.20. The minimum absolute atomic E-state index is 0.472. The zero-order valence-electron chi connectivity index (χ0n) is 16.4. The summed E-state index contributed by atoms with van der Waals surface area (Å²) >= 11 is 7.20. The van der Waals surface area contributed by atoms with Crippen LogP contribution in [0.3, 0.4) is 0 Å². The van der Waals surface area contributed by atoms with Gasteiger partial charge in [-0.15, -0.1) is 0 Å². The van der Waals surface area contributed by atoms with Crippen molar-refractivity contribution in [2.45, 2.75) is 38.6 Å². The molecule has 2 aliphatic rings. The molecule has 2 saturated heterocycles. The van der Waals surface area contributed by atoms with Gasteiger partial charge >= 0.3 is 0 Å². The fourth-order valence-corrected chi connectivity index (χ4v) is 4.36. The van der Waals surface area contributed by atoms with E-state index < -0.39 is 5.00 Å². The van der Waals surface area contributed by atoms with Gasteiger partial charge in [0.2, 0.25) is 0 Å². The van der Waals surface area contributed by atoms with Gasteiger partial charge in [0.25, 0.3) is 0 Å². The van der Waals surface area contributed by atoms with Crippen LogP contribution in [0, 0.1) is 0 Å². The summed E-state index contributed by atoms with van der Waals surface area (Å²) in [6.45, 7) is 12.9. The van der Waals surface area contributed by atoms with Gasteiger partial charge in [0.1, 0.15) is 5.00 Å². The largest absolute Gasteiger partial charge is 0.379 e. The Morgan fingerprint density at radius 2 is 1.96 bits per heavy atom. The molecule has 144 valence electrons. The van der Waals surface area contributed by atoms with Crippen molar-refractivity contribution in [3.05, 3.63) is 41.0 Å². The van der Waals surface area contributed by atoms with Crippen LogP contribution >= 0.6 is 11.6 Å². The summed E-state index contributed by atoms with van der Waals surface area (Å²) in [5.41, 5.74) is 5.42. The maximum atomic E-state index is 7.20. The van der Waals surface area contributed by atoms with E-state index in [4.69, 9.17) is 16.3 Å². The van der Waals surface area contributed by atoms with Crippen LogP contribution in [-0.4, -0.2) is 56.0 Å². The molecule has 1 aromatic carbocycles. The van der Waals surface area contributed by atoms with E-state index in [9.17, 15) is 0 Å². The number of hydrogen-bond acceptors (Lipinski definition) is 4. The summed E-state index contributed by atoms with van der Waals surface area (Å²) in [4.78, 5) is 4.32. The van der Waals surface area contributed by atoms with Crippen molar-refractivity contribution in [1.82, 2.24) is 10.2 Å². The number of benzene rings is 1. The topological polar surface area (TPSA) is 27.7 Å². The molecule has 3 rings (SSSR count). The summed E-state index contributed by atoms with van der Waals surface area (Å²) in [7, 11) is 0. The SMILES string of the molecule is CCC(C)=C(Cc1ccccc1N1CCNC1)C(C)(Cl)N1CCOCC1. The second kappa shape index (κ2) is 8.75. The molecule has 2 fully saturated rings. The van der Waals surface area contributed by atoms with Gasteiger partial charge in [-0.05, 0) is 43.9 Å². The van der Waals surface area contributed by atoms with Crippen molar-refractivity contribution in [1.29, 1.82) is 0 Å². The molecule has 0 aromatic heterocycles. The van der Waals surface area contributed by atoms with E-state index in [1.807, 2.05) is 0 Å². The molecule has 1 atom stereocenters. The van der Waals surface area contributed by atoms with E-state index >= 15 is 0 Å². The van der Waals surface area contributed by atoms with Crippen molar-refractivity contribution >= 4 is 17.3 Å². The number of alkyl halides is 1. The van der Waals surface area contributed by atoms with Crippen LogP contribution < -0.4 is 10.2 Å². The van der Waals surface area contributed by atoms with Gasteiger partial charge < -0.3 is 9.64 Å². The molecule has 0 saturated carbocycles. The number of halogens is 1. The van der Waals surface area contributed by atoms with Gasteiger partial charge in [0, 0.05) is 31.9 Å². The average molecular weight is 378 g/mol. The molecule has 0 bridgehead atoms. The van der Waals surface area contributed by atoms with Crippen molar-refractivity contribution in [2.24, 2.45) is 0 Å². The highest BCUT2D eigenvalue weighted by molar-refractivity contribution is 6.25. The highest BCUT2D eigenvalue weighted by atomic mass is 35.5. The van der Waals surface area contributed by atoms with Crippen LogP contribution in [0.15, 0.2) is 35.4 Å². The molecular formula is C21H32ClN3O. The summed E-state index contributed by atoms with van der Waals surface area (Å²) in [6.07, 6.45) is 1.92. The maximum Gasteiger partial charge on any atom is 0.115 e. The predicted octanol–water partition coefficient (Wildman–Crippen LogP) is 3.61. The highest BCUT2D eigenvalue weighted by Crippen LogP contribution is 2.37. The third-order valence-corrected chi connectivity index (χ3v) is 6.23. The Morgan fingerprint density at radius 3 is 2.62 bits per heavy atom. The first-order chi connectivity index (χ1) is 12.5. The van der Waals surface area contributed by atoms with E-state index in [-0.39, 0.29) is 0 Å². The minimum Gasteiger partial charge on any atom is -0.379 e. The lowest BCUT2D eigenvalue weighted by Gasteiger charge is -2.41. The van der Waals surface area contributed by atoms with Crippen LogP contribution in [0.4, 0.5) is 5.69 Å². The van der Waals surface area contributed by atoms with Crippen molar-refractivity contribution in [3.8, 4) is 0 Å². The lowest BCUT2D eigenvalue weighted by atomic mass is 9.91. The molecule has 0 aliphatic carbocycles. The second-order valence-corrected chi connectivity index (χ2v) is 8.13. The number of para-hydroxylation sites is 1. The molecule has 1 unspecified atom stereocenters. The number of ether oxygens (including phenoxy) is 1. The highest BCUT2D eigenvalue weighted by Gasteiger charge is 2.35. The van der Waals surface area contributed by atoms with E-state index in [0.717, 1.165) is 58.9 Å². The van der Waals surface area contributed by atoms with Gasteiger partial charge in [-0.1, -0.05) is 42.3 Å². The molecule has 0 amide bonds. The van der Waals surface area contributed by atoms with Crippen LogP contribution in [0.5, 0.6) is 0 Å². The van der Waals surface area contributed by atoms with Gasteiger partial charge in [-0.2, -0.15) is 0 Å². The van der Waals surface area contributed by atoms with E-state index in [0.29, 0.717) is 0 Å². The second-order valence-electron chi connectivity index (χ2n) is 7.39. The third kappa shape index (κ3) is 4.25. The monoisotopic (exact) mass is 377 g/mol. The van der Waals surface area contributed by atoms with Gasteiger partial charge in [0.05, 0.1) is 19.9 Å². The summed E-state index contributed by atoms with van der Waals surface area (Å²) < 4.78 is 5.54. The van der Waals surface area contributed by atoms with E-state index in [1.165, 1.54) is 22.4 Å². The number of rotatable bonds is 6. The van der Waals surface area contributed by atoms with Crippen LogP contribution in [0.1, 0.15) is 32.8 Å². The Balaban J connectivity index is 1.91. The number of anilines is 1. The number of allylic oxidation sites excluding steroid dienone is 1. The lowest BCUT2D eigenvalue weighted by Crippen LogP contribution is -2.50. The lowest BCUT2D eigenvalue weighted by molar-refractivity contribution is 0.0170. The Kier molecular flexibility index (Phi) is 6.62. The molecule has 2 heterocycles. The molecular weight excluding hydrogens is 346 g/mol. The Bertz CT molecular complexity index is 632. The summed E-state index contributed by atoms with van der Waals surface area (Å²) in [5, 5.41) is 3.43. The van der Waals surface area contributed by atoms with Crippen LogP contribution in [0.25, 0.3) is 0 Å². The predicted molar refractivity (Wildman–Crippen MR) is 110 cm³/mol. The smallest absolute Gasteiger partial charge is 0.115 e. The Morgan fingerprint density at radius 1 is 1.23 bits per heavy atom. The van der Waals surface area contributed by atoms with Crippen LogP contribution in [-0.2, 0) is 11.2 Å². The molecule has 5 heteroatoms. The normalized spacial score (nSPS) is 22.2. The molecule has 26 heavy (non-hydrogen) atoms. The zero-order valence-corrected chi connectivity index (χ0v) is 17.1. The minimum atomic E-state index is -0.472. The zero-order chi connectivity index (χ0) is 18.6.